The van der Waals surface area contributed by atoms with Gasteiger partial charge in [-0.2, -0.15) is 38.1 Å². The van der Waals surface area contributed by atoms with Crippen molar-refractivity contribution in [3.63, 3.8) is 0 Å². The third kappa shape index (κ3) is 11.2. The third-order valence-corrected chi connectivity index (χ3v) is 7.27. The Balaban J connectivity index is 0.000000771. The van der Waals surface area contributed by atoms with Crippen LogP contribution in [0.3, 0.4) is 0 Å². The molecule has 0 saturated heterocycles. The Morgan fingerprint density at radius 1 is 0.979 bits per heavy atom. The lowest BCUT2D eigenvalue weighted by molar-refractivity contribution is -0.192. The molecule has 2 amide bonds. The number of nitrogens with zero attached hydrogens (tertiary/aromatic N) is 2. The van der Waals surface area contributed by atoms with Crippen LogP contribution < -0.4 is 16.4 Å². The number of rotatable bonds is 12. The summed E-state index contributed by atoms with van der Waals surface area (Å²) in [4.78, 5) is 62.2. The molecule has 0 saturated carbocycles. The predicted molar refractivity (Wildman–Crippen MR) is 157 cm³/mol. The zero-order valence-electron chi connectivity index (χ0n) is 24.1. The number of imide groups is 1. The summed E-state index contributed by atoms with van der Waals surface area (Å²) in [6, 6.07) is 15.1. The van der Waals surface area contributed by atoms with Crippen molar-refractivity contribution in [2.45, 2.75) is 44.3 Å². The summed E-state index contributed by atoms with van der Waals surface area (Å²) < 4.78 is 75.2. The number of aliphatic carboxylic acids is 1. The highest BCUT2D eigenvalue weighted by atomic mass is 32.2. The van der Waals surface area contributed by atoms with Crippen molar-refractivity contribution in [1.82, 2.24) is 20.2 Å². The Morgan fingerprint density at radius 2 is 1.64 bits per heavy atom. The second-order valence-electron chi connectivity index (χ2n) is 9.72. The van der Waals surface area contributed by atoms with Crippen LogP contribution in [0.4, 0.5) is 26.3 Å². The molecular formula is C29H26F6N4O7S. The average Bonchev–Trinajstić information content (AvgIpc) is 3.31. The van der Waals surface area contributed by atoms with E-state index in [1.807, 2.05) is 30.3 Å². The fourth-order valence-corrected chi connectivity index (χ4v) is 4.85. The second-order valence-corrected chi connectivity index (χ2v) is 10.8. The van der Waals surface area contributed by atoms with Crippen molar-refractivity contribution >= 4 is 57.3 Å². The largest absolute Gasteiger partial charge is 0.490 e. The maximum Gasteiger partial charge on any atom is 0.490 e. The van der Waals surface area contributed by atoms with Crippen LogP contribution in [0.15, 0.2) is 70.0 Å². The Hall–Kier alpha value is -4.71. The molecular weight excluding hydrogens is 662 g/mol. The number of carbonyl (C=O) groups is 4. The van der Waals surface area contributed by atoms with Gasteiger partial charge in [0.1, 0.15) is 6.54 Å². The number of hydrogen-bond acceptors (Lipinski definition) is 9. The zero-order valence-corrected chi connectivity index (χ0v) is 24.9. The quantitative estimate of drug-likeness (QED) is 0.145. The number of nitrogens with one attached hydrogen (secondary N) is 2. The lowest BCUT2D eigenvalue weighted by atomic mass is 10.1. The number of para-hydroxylation sites is 3. The minimum atomic E-state index is -5.08. The van der Waals surface area contributed by atoms with Crippen molar-refractivity contribution in [2.24, 2.45) is 0 Å². The van der Waals surface area contributed by atoms with Gasteiger partial charge in [0, 0.05) is 18.1 Å². The van der Waals surface area contributed by atoms with Crippen molar-refractivity contribution in [3.05, 3.63) is 76.9 Å². The van der Waals surface area contributed by atoms with Crippen molar-refractivity contribution < 1.29 is 55.0 Å². The Kier molecular flexibility index (Phi) is 12.7. The summed E-state index contributed by atoms with van der Waals surface area (Å²) >= 11 is 0.823. The highest BCUT2D eigenvalue weighted by Crippen LogP contribution is 2.20. The number of thioether (sulfide) groups is 1. The van der Waals surface area contributed by atoms with Gasteiger partial charge in [0.05, 0.1) is 22.8 Å². The molecule has 0 aliphatic rings. The maximum atomic E-state index is 13.0. The van der Waals surface area contributed by atoms with Gasteiger partial charge in [-0.3, -0.25) is 29.3 Å². The number of ketones is 1. The van der Waals surface area contributed by atoms with E-state index in [1.165, 1.54) is 0 Å². The van der Waals surface area contributed by atoms with Gasteiger partial charge in [-0.1, -0.05) is 30.3 Å². The highest BCUT2D eigenvalue weighted by molar-refractivity contribution is 7.99. The van der Waals surface area contributed by atoms with Gasteiger partial charge in [-0.05, 0) is 48.4 Å². The Bertz CT molecular complexity index is 1790. The summed E-state index contributed by atoms with van der Waals surface area (Å²) in [7, 11) is 0. The van der Waals surface area contributed by atoms with Crippen LogP contribution >= 0.6 is 11.8 Å². The van der Waals surface area contributed by atoms with Gasteiger partial charge in [0.25, 0.3) is 0 Å². The van der Waals surface area contributed by atoms with E-state index in [2.05, 4.69) is 15.6 Å². The lowest BCUT2D eigenvalue weighted by Gasteiger charge is -2.18. The first-order chi connectivity index (χ1) is 22.1. The number of carboxylic acids is 1. The molecule has 0 radical (unpaired) electrons. The maximum absolute atomic E-state index is 13.0. The average molecular weight is 689 g/mol. The predicted octanol–water partition coefficient (Wildman–Crippen LogP) is 4.22. The minimum Gasteiger partial charge on any atom is -0.475 e. The molecule has 4 aromatic rings. The SMILES string of the molecule is O=C(Cn1c(=O)oc2ccccc21)NC(=O)[C@H](CCCSCC(=O)C(F)(F)F)NCc1cnc2ccccc2c1.O=C(O)C(F)(F)F. The number of aromatic nitrogens is 2. The van der Waals surface area contributed by atoms with Crippen LogP contribution in [0.25, 0.3) is 22.0 Å². The first kappa shape index (κ1) is 36.8. The van der Waals surface area contributed by atoms with Gasteiger partial charge in [-0.25, -0.2) is 9.59 Å². The van der Waals surface area contributed by atoms with E-state index in [0.717, 1.165) is 32.8 Å². The van der Waals surface area contributed by atoms with Crippen molar-refractivity contribution in [1.29, 1.82) is 0 Å². The zero-order chi connectivity index (χ0) is 34.8. The van der Waals surface area contributed by atoms with Gasteiger partial charge in [0.15, 0.2) is 5.58 Å². The van der Waals surface area contributed by atoms with Crippen LogP contribution in [0.1, 0.15) is 18.4 Å². The van der Waals surface area contributed by atoms with E-state index in [9.17, 15) is 45.5 Å². The molecule has 252 valence electrons. The van der Waals surface area contributed by atoms with Crippen molar-refractivity contribution in [3.8, 4) is 0 Å². The number of hydrogen-bond donors (Lipinski definition) is 3. The Morgan fingerprint density at radius 3 is 2.32 bits per heavy atom. The van der Waals surface area contributed by atoms with E-state index in [-0.39, 0.29) is 18.7 Å². The van der Waals surface area contributed by atoms with Crippen LogP contribution in [-0.4, -0.2) is 68.1 Å². The topological polar surface area (TPSA) is 161 Å². The van der Waals surface area contributed by atoms with E-state index in [1.54, 1.807) is 30.5 Å². The number of oxazole rings is 1. The number of amides is 2. The fraction of sp³-hybridized carbons (Fsp3) is 0.310. The van der Waals surface area contributed by atoms with Crippen LogP contribution in [0.5, 0.6) is 0 Å². The van der Waals surface area contributed by atoms with E-state index in [0.29, 0.717) is 17.5 Å². The first-order valence-corrected chi connectivity index (χ1v) is 14.7. The molecule has 4 rings (SSSR count). The van der Waals surface area contributed by atoms with Crippen molar-refractivity contribution in [2.75, 3.05) is 11.5 Å². The monoisotopic (exact) mass is 688 g/mol. The molecule has 0 spiro atoms. The number of halogens is 6. The smallest absolute Gasteiger partial charge is 0.475 e. The number of pyridine rings is 1. The molecule has 3 N–H and O–H groups in total. The number of carbonyl (C=O) groups excluding carboxylic acids is 3. The molecule has 0 fully saturated rings. The highest BCUT2D eigenvalue weighted by Gasteiger charge is 2.38. The van der Waals surface area contributed by atoms with Crippen LogP contribution in [-0.2, 0) is 32.3 Å². The van der Waals surface area contributed by atoms with Gasteiger partial charge < -0.3 is 14.8 Å². The molecule has 0 aliphatic carbocycles. The molecule has 1 atom stereocenters. The van der Waals surface area contributed by atoms with Crippen LogP contribution in [0.2, 0.25) is 0 Å². The molecule has 2 aromatic heterocycles. The summed E-state index contributed by atoms with van der Waals surface area (Å²) in [6.07, 6.45) is -7.82. The number of Topliss-reactive ketones (excluding diaryl/α,β-unsaturated/α-hetero) is 1. The molecule has 0 aliphatic heterocycles. The molecule has 0 unspecified atom stereocenters. The number of fused-ring (bicyclic) bond motifs is 2. The standard InChI is InChI=1S/C27H25F3N4O5S.C2HF3O2/c28-27(29,30)23(35)16-40-11-5-8-20(32-14-17-12-18-6-1-2-7-19(18)31-13-17)25(37)33-24(36)15-34-21-9-3-4-10-22(21)39-26(34)38;3-2(4,5)1(6)7/h1-4,6-7,9-10,12-13,20,32H,5,8,11,14-16H2,(H,33,36,37);(H,6,7)/t20-;/m0./s1. The Labute approximate surface area is 265 Å². The summed E-state index contributed by atoms with van der Waals surface area (Å²) in [6.45, 7) is -0.214. The number of alkyl halides is 6. The number of benzene rings is 2. The summed E-state index contributed by atoms with van der Waals surface area (Å²) in [5, 5.41) is 13.4. The molecule has 11 nitrogen and oxygen atoms in total. The van der Waals surface area contributed by atoms with Crippen LogP contribution in [0, 0.1) is 0 Å². The molecule has 47 heavy (non-hydrogen) atoms. The van der Waals surface area contributed by atoms with E-state index in [4.69, 9.17) is 14.3 Å². The molecule has 2 heterocycles. The first-order valence-electron chi connectivity index (χ1n) is 13.5. The summed E-state index contributed by atoms with van der Waals surface area (Å²) in [5.41, 5.74) is 2.29. The molecule has 2 aromatic carbocycles. The third-order valence-electron chi connectivity index (χ3n) is 6.23. The normalized spacial score (nSPS) is 12.3. The molecule has 18 heteroatoms. The fourth-order valence-electron chi connectivity index (χ4n) is 3.99. The van der Waals surface area contributed by atoms with E-state index < -0.39 is 60.0 Å². The minimum absolute atomic E-state index is 0.182. The lowest BCUT2D eigenvalue weighted by Crippen LogP contribution is -2.47. The van der Waals surface area contributed by atoms with Gasteiger partial charge >= 0.3 is 24.1 Å². The van der Waals surface area contributed by atoms with Gasteiger partial charge in [-0.15, -0.1) is 0 Å². The number of carboxylic acid groups (broad SMARTS) is 1. The van der Waals surface area contributed by atoms with Gasteiger partial charge in [0.2, 0.25) is 17.6 Å². The second kappa shape index (κ2) is 16.2. The van der Waals surface area contributed by atoms with E-state index >= 15 is 0 Å². The molecule has 0 bridgehead atoms. The summed E-state index contributed by atoms with van der Waals surface area (Å²) in [5.74, 6) is -7.21.